The number of ether oxygens (including phenoxy) is 1. The number of amides is 1. The van der Waals surface area contributed by atoms with Gasteiger partial charge in [-0.2, -0.15) is 5.10 Å². The lowest BCUT2D eigenvalue weighted by molar-refractivity contribution is 0.167. The number of nitrogens with one attached hydrogen (secondary N) is 3. The molecule has 5 aromatic rings. The lowest BCUT2D eigenvalue weighted by atomic mass is 9.98. The van der Waals surface area contributed by atoms with Gasteiger partial charge in [0.1, 0.15) is 5.82 Å². The third-order valence-electron chi connectivity index (χ3n) is 5.52. The van der Waals surface area contributed by atoms with Crippen molar-refractivity contribution < 1.29 is 13.9 Å². The minimum absolute atomic E-state index is 0.236. The zero-order chi connectivity index (χ0) is 24.5. The fourth-order valence-electron chi connectivity index (χ4n) is 3.92. The predicted octanol–water partition coefficient (Wildman–Crippen LogP) is 5.42. The van der Waals surface area contributed by atoms with Crippen LogP contribution in [0.5, 0.6) is 0 Å². The molecule has 0 atom stereocenters. The minimum atomic E-state index is -0.616. The van der Waals surface area contributed by atoms with Gasteiger partial charge >= 0.3 is 6.09 Å². The van der Waals surface area contributed by atoms with E-state index < -0.39 is 11.9 Å². The number of aromatic amines is 2. The van der Waals surface area contributed by atoms with Gasteiger partial charge in [-0.05, 0) is 60.5 Å². The van der Waals surface area contributed by atoms with Crippen molar-refractivity contribution in [3.8, 4) is 11.1 Å². The summed E-state index contributed by atoms with van der Waals surface area (Å²) >= 11 is 6.14. The monoisotopic (exact) mass is 491 g/mol. The van der Waals surface area contributed by atoms with Crippen LogP contribution < -0.4 is 10.9 Å². The van der Waals surface area contributed by atoms with Crippen LogP contribution in [-0.4, -0.2) is 32.9 Å². The summed E-state index contributed by atoms with van der Waals surface area (Å²) in [4.78, 5) is 31.1. The summed E-state index contributed by atoms with van der Waals surface area (Å²) in [6, 6.07) is 15.1. The van der Waals surface area contributed by atoms with E-state index in [0.717, 1.165) is 5.56 Å². The molecule has 0 aliphatic heterocycles. The van der Waals surface area contributed by atoms with Crippen LogP contribution in [0, 0.1) is 5.82 Å². The standard InChI is InChI=1S/C25H19ClFN5O3/c1-2-35-25(34)30-24-28-20-8-4-14(11-22(20)29-24)17-9-13(3-7-19(17)27)10-21-18-12-15(26)5-6-16(18)23(33)32-31-21/h3-9,11-12H,2,10H2,1H3,(H,32,33)(H2,28,29,30,34). The molecular formula is C25H19ClFN5O3. The maximum atomic E-state index is 14.8. The second kappa shape index (κ2) is 9.19. The first-order valence-corrected chi connectivity index (χ1v) is 11.2. The van der Waals surface area contributed by atoms with Crippen molar-refractivity contribution in [1.82, 2.24) is 20.2 Å². The Hall–Kier alpha value is -4.24. The lowest BCUT2D eigenvalue weighted by Gasteiger charge is -2.09. The Morgan fingerprint density at radius 2 is 1.97 bits per heavy atom. The van der Waals surface area contributed by atoms with Gasteiger partial charge in [0.25, 0.3) is 5.56 Å². The van der Waals surface area contributed by atoms with Crippen molar-refractivity contribution in [3.05, 3.63) is 87.0 Å². The largest absolute Gasteiger partial charge is 0.450 e. The van der Waals surface area contributed by atoms with Gasteiger partial charge in [0.2, 0.25) is 5.95 Å². The van der Waals surface area contributed by atoms with Gasteiger partial charge in [-0.15, -0.1) is 0 Å². The molecule has 3 aromatic carbocycles. The number of carbonyl (C=O) groups is 1. The zero-order valence-electron chi connectivity index (χ0n) is 18.5. The van der Waals surface area contributed by atoms with Gasteiger partial charge in [-0.25, -0.2) is 19.3 Å². The van der Waals surface area contributed by atoms with Crippen LogP contribution in [0.15, 0.2) is 59.4 Å². The van der Waals surface area contributed by atoms with E-state index in [2.05, 4.69) is 25.5 Å². The first-order chi connectivity index (χ1) is 16.9. The van der Waals surface area contributed by atoms with Crippen LogP contribution in [0.4, 0.5) is 15.1 Å². The van der Waals surface area contributed by atoms with Gasteiger partial charge in [0, 0.05) is 22.4 Å². The third kappa shape index (κ3) is 4.58. The summed E-state index contributed by atoms with van der Waals surface area (Å²) in [5.74, 6) is -0.157. The maximum absolute atomic E-state index is 14.8. The van der Waals surface area contributed by atoms with E-state index >= 15 is 0 Å². The van der Waals surface area contributed by atoms with E-state index in [0.29, 0.717) is 50.1 Å². The number of nitrogens with zero attached hydrogens (tertiary/aromatic N) is 2. The Morgan fingerprint density at radius 3 is 2.80 bits per heavy atom. The fraction of sp³-hybridized carbons (Fsp3) is 0.120. The maximum Gasteiger partial charge on any atom is 0.413 e. The third-order valence-corrected chi connectivity index (χ3v) is 5.76. The van der Waals surface area contributed by atoms with Crippen LogP contribution in [0.2, 0.25) is 5.02 Å². The van der Waals surface area contributed by atoms with Crippen LogP contribution in [0.25, 0.3) is 32.9 Å². The molecule has 0 saturated heterocycles. The van der Waals surface area contributed by atoms with Crippen molar-refractivity contribution in [3.63, 3.8) is 0 Å². The van der Waals surface area contributed by atoms with Gasteiger partial charge in [-0.1, -0.05) is 23.7 Å². The smallest absolute Gasteiger partial charge is 0.413 e. The summed E-state index contributed by atoms with van der Waals surface area (Å²) in [6.07, 6.45) is -0.255. The van der Waals surface area contributed by atoms with Crippen molar-refractivity contribution in [2.45, 2.75) is 13.3 Å². The number of aromatic nitrogens is 4. The average Bonchev–Trinajstić information content (AvgIpc) is 3.23. The highest BCUT2D eigenvalue weighted by molar-refractivity contribution is 6.31. The molecule has 2 heterocycles. The number of rotatable bonds is 5. The van der Waals surface area contributed by atoms with Crippen LogP contribution in [-0.2, 0) is 11.2 Å². The molecule has 0 radical (unpaired) electrons. The SMILES string of the molecule is CCOC(=O)Nc1nc2cc(-c3cc(Cc4n[nH]c(=O)c5ccc(Cl)cc45)ccc3F)ccc2[nH]1. The van der Waals surface area contributed by atoms with Crippen LogP contribution in [0.3, 0.4) is 0 Å². The van der Waals surface area contributed by atoms with Crippen LogP contribution in [0.1, 0.15) is 18.2 Å². The molecule has 5 rings (SSSR count). The Kier molecular flexibility index (Phi) is 5.92. The summed E-state index contributed by atoms with van der Waals surface area (Å²) in [5.41, 5.74) is 3.36. The Bertz CT molecular complexity index is 1650. The molecule has 0 spiro atoms. The highest BCUT2D eigenvalue weighted by Gasteiger charge is 2.13. The minimum Gasteiger partial charge on any atom is -0.450 e. The molecule has 0 unspecified atom stereocenters. The van der Waals surface area contributed by atoms with Gasteiger partial charge in [0.15, 0.2) is 0 Å². The molecular weight excluding hydrogens is 473 g/mol. The highest BCUT2D eigenvalue weighted by Crippen LogP contribution is 2.29. The molecule has 0 fully saturated rings. The number of halogens is 2. The number of fused-ring (bicyclic) bond motifs is 2. The van der Waals surface area contributed by atoms with Crippen LogP contribution >= 0.6 is 11.6 Å². The van der Waals surface area contributed by atoms with Crippen molar-refractivity contribution in [2.24, 2.45) is 0 Å². The number of anilines is 1. The van der Waals surface area contributed by atoms with E-state index in [1.54, 1.807) is 55.5 Å². The first kappa shape index (κ1) is 22.5. The van der Waals surface area contributed by atoms with E-state index in [1.165, 1.54) is 6.07 Å². The van der Waals surface area contributed by atoms with E-state index in [-0.39, 0.29) is 18.1 Å². The summed E-state index contributed by atoms with van der Waals surface area (Å²) in [5, 5.41) is 10.9. The second-order valence-corrected chi connectivity index (χ2v) is 8.28. The molecule has 176 valence electrons. The molecule has 3 N–H and O–H groups in total. The first-order valence-electron chi connectivity index (χ1n) is 10.8. The Labute approximate surface area is 203 Å². The molecule has 0 aliphatic carbocycles. The van der Waals surface area contributed by atoms with E-state index in [1.807, 2.05) is 0 Å². The predicted molar refractivity (Wildman–Crippen MR) is 132 cm³/mol. The number of carbonyl (C=O) groups excluding carboxylic acids is 1. The normalized spacial score (nSPS) is 11.2. The number of hydrogen-bond donors (Lipinski definition) is 3. The molecule has 35 heavy (non-hydrogen) atoms. The fourth-order valence-corrected chi connectivity index (χ4v) is 4.09. The molecule has 1 amide bonds. The summed E-state index contributed by atoms with van der Waals surface area (Å²) in [7, 11) is 0. The second-order valence-electron chi connectivity index (χ2n) is 7.84. The van der Waals surface area contributed by atoms with Gasteiger partial charge < -0.3 is 9.72 Å². The summed E-state index contributed by atoms with van der Waals surface area (Å²) < 4.78 is 19.7. The van der Waals surface area contributed by atoms with E-state index in [9.17, 15) is 14.0 Å². The van der Waals surface area contributed by atoms with Gasteiger partial charge in [-0.3, -0.25) is 10.1 Å². The average molecular weight is 492 g/mol. The highest BCUT2D eigenvalue weighted by atomic mass is 35.5. The summed E-state index contributed by atoms with van der Waals surface area (Å²) in [6.45, 7) is 1.95. The van der Waals surface area contributed by atoms with Crippen molar-refractivity contribution in [1.29, 1.82) is 0 Å². The Morgan fingerprint density at radius 1 is 1.11 bits per heavy atom. The number of H-pyrrole nitrogens is 2. The molecule has 8 nitrogen and oxygen atoms in total. The lowest BCUT2D eigenvalue weighted by Crippen LogP contribution is -2.14. The molecule has 2 aromatic heterocycles. The van der Waals surface area contributed by atoms with E-state index in [4.69, 9.17) is 16.3 Å². The molecule has 0 saturated carbocycles. The van der Waals surface area contributed by atoms with Crippen molar-refractivity contribution in [2.75, 3.05) is 11.9 Å². The van der Waals surface area contributed by atoms with Gasteiger partial charge in [0.05, 0.1) is 28.7 Å². The molecule has 10 heteroatoms. The number of imidazole rings is 1. The molecule has 0 bridgehead atoms. The number of hydrogen-bond acceptors (Lipinski definition) is 5. The molecule has 0 aliphatic rings. The van der Waals surface area contributed by atoms with Crippen molar-refractivity contribution >= 4 is 45.4 Å². The zero-order valence-corrected chi connectivity index (χ0v) is 19.2. The number of benzene rings is 3. The topological polar surface area (TPSA) is 113 Å². The quantitative estimate of drug-likeness (QED) is 0.304. The Balaban J connectivity index is 1.49.